The van der Waals surface area contributed by atoms with Gasteiger partial charge in [0.15, 0.2) is 5.69 Å². The molecule has 3 aromatic rings. The number of fused-ring (bicyclic) bond motifs is 1. The number of hydrogen-bond donors (Lipinski definition) is 2. The topological polar surface area (TPSA) is 115 Å². The largest absolute Gasteiger partial charge is 0.476 e. The van der Waals surface area contributed by atoms with Crippen molar-refractivity contribution in [3.05, 3.63) is 47.9 Å². The van der Waals surface area contributed by atoms with Gasteiger partial charge in [-0.05, 0) is 35.9 Å². The third kappa shape index (κ3) is 2.63. The third-order valence-electron chi connectivity index (χ3n) is 3.63. The summed E-state index contributed by atoms with van der Waals surface area (Å²) < 4.78 is 38.4. The normalized spacial score (nSPS) is 11.8. The molecule has 3 N–H and O–H groups in total. The molecule has 1 heterocycles. The molecule has 0 aliphatic rings. The van der Waals surface area contributed by atoms with Gasteiger partial charge in [0.2, 0.25) is 10.0 Å². The van der Waals surface area contributed by atoms with Crippen LogP contribution in [0.15, 0.2) is 41.3 Å². The number of aromatic nitrogens is 2. The summed E-state index contributed by atoms with van der Waals surface area (Å²) in [7, 11) is -2.39. The van der Waals surface area contributed by atoms with Crippen molar-refractivity contribution in [2.75, 3.05) is 0 Å². The van der Waals surface area contributed by atoms with E-state index in [1.165, 1.54) is 10.7 Å². The van der Waals surface area contributed by atoms with Gasteiger partial charge in [0.25, 0.3) is 0 Å². The highest BCUT2D eigenvalue weighted by Crippen LogP contribution is 2.29. The lowest BCUT2D eigenvalue weighted by Crippen LogP contribution is -2.12. The molecule has 0 aliphatic heterocycles. The fraction of sp³-hybridized carbons (Fsp3) is 0.0667. The van der Waals surface area contributed by atoms with E-state index >= 15 is 0 Å². The summed E-state index contributed by atoms with van der Waals surface area (Å²) in [4.78, 5) is 11.1. The summed E-state index contributed by atoms with van der Waals surface area (Å²) >= 11 is 0. The lowest BCUT2D eigenvalue weighted by molar-refractivity contribution is 0.0691. The number of carbonyl (C=O) groups is 1. The van der Waals surface area contributed by atoms with Crippen molar-refractivity contribution in [3.63, 3.8) is 0 Å². The molecule has 0 saturated heterocycles. The predicted octanol–water partition coefficient (Wildman–Crippen LogP) is 1.73. The van der Waals surface area contributed by atoms with E-state index in [1.807, 2.05) is 0 Å². The van der Waals surface area contributed by atoms with Crippen LogP contribution in [-0.2, 0) is 17.1 Å². The standard InChI is InChI=1S/C15H12FN3O4S/c1-19-13-5-2-8(6-11(13)14(18-19)15(20)21)10-7-9(24(17,22)23)3-4-12(10)16/h2-7H,1H3,(H,20,21)(H2,17,22,23). The van der Waals surface area contributed by atoms with E-state index in [1.54, 1.807) is 19.2 Å². The molecule has 0 bridgehead atoms. The molecule has 0 aliphatic carbocycles. The molecule has 24 heavy (non-hydrogen) atoms. The lowest BCUT2D eigenvalue weighted by atomic mass is 10.0. The summed E-state index contributed by atoms with van der Waals surface area (Å²) in [6.07, 6.45) is 0. The van der Waals surface area contributed by atoms with Crippen LogP contribution in [0, 0.1) is 5.82 Å². The second-order valence-corrected chi connectivity index (χ2v) is 6.76. The average Bonchev–Trinajstić information content (AvgIpc) is 2.83. The number of nitrogens with two attached hydrogens (primary N) is 1. The number of carboxylic acids is 1. The zero-order valence-corrected chi connectivity index (χ0v) is 13.2. The summed E-state index contributed by atoms with van der Waals surface area (Å²) in [5.41, 5.74) is 0.709. The molecule has 0 fully saturated rings. The number of halogens is 1. The number of nitrogens with zero attached hydrogens (tertiary/aromatic N) is 2. The molecular weight excluding hydrogens is 337 g/mol. The quantitative estimate of drug-likeness (QED) is 0.747. The van der Waals surface area contributed by atoms with Gasteiger partial charge in [-0.3, -0.25) is 4.68 Å². The molecule has 7 nitrogen and oxygen atoms in total. The number of rotatable bonds is 3. The molecule has 0 atom stereocenters. The Balaban J connectivity index is 2.27. The minimum Gasteiger partial charge on any atom is -0.476 e. The molecule has 2 aromatic carbocycles. The molecule has 9 heteroatoms. The molecule has 3 rings (SSSR count). The molecule has 0 spiro atoms. The number of carboxylic acid groups (broad SMARTS) is 1. The highest BCUT2D eigenvalue weighted by Gasteiger charge is 2.18. The predicted molar refractivity (Wildman–Crippen MR) is 84.4 cm³/mol. The van der Waals surface area contributed by atoms with Crippen LogP contribution in [0.2, 0.25) is 0 Å². The van der Waals surface area contributed by atoms with E-state index in [0.717, 1.165) is 18.2 Å². The second-order valence-electron chi connectivity index (χ2n) is 5.20. The van der Waals surface area contributed by atoms with Gasteiger partial charge in [-0.25, -0.2) is 22.7 Å². The monoisotopic (exact) mass is 349 g/mol. The van der Waals surface area contributed by atoms with Crippen molar-refractivity contribution in [1.82, 2.24) is 9.78 Å². The van der Waals surface area contributed by atoms with Crippen molar-refractivity contribution in [2.24, 2.45) is 12.2 Å². The van der Waals surface area contributed by atoms with Crippen molar-refractivity contribution < 1.29 is 22.7 Å². The Morgan fingerprint density at radius 1 is 1.25 bits per heavy atom. The zero-order valence-electron chi connectivity index (χ0n) is 12.4. The van der Waals surface area contributed by atoms with Crippen LogP contribution in [-0.4, -0.2) is 29.3 Å². The van der Waals surface area contributed by atoms with Gasteiger partial charge >= 0.3 is 5.97 Å². The molecule has 0 saturated carbocycles. The number of aromatic carboxylic acids is 1. The summed E-state index contributed by atoms with van der Waals surface area (Å²) in [5, 5.41) is 18.5. The summed E-state index contributed by atoms with van der Waals surface area (Å²) in [6, 6.07) is 7.79. The SMILES string of the molecule is Cn1nc(C(=O)O)c2cc(-c3cc(S(N)(=O)=O)ccc3F)ccc21. The zero-order chi connectivity index (χ0) is 17.6. The maximum Gasteiger partial charge on any atom is 0.357 e. The van der Waals surface area contributed by atoms with Crippen molar-refractivity contribution >= 4 is 26.9 Å². The molecule has 0 radical (unpaired) electrons. The minimum absolute atomic E-state index is 0.00335. The van der Waals surface area contributed by atoms with Crippen LogP contribution < -0.4 is 5.14 Å². The van der Waals surface area contributed by atoms with E-state index in [2.05, 4.69) is 5.10 Å². The fourth-order valence-corrected chi connectivity index (χ4v) is 3.03. The van der Waals surface area contributed by atoms with Gasteiger partial charge < -0.3 is 5.11 Å². The molecule has 0 unspecified atom stereocenters. The minimum atomic E-state index is -3.99. The number of primary sulfonamides is 1. The highest BCUT2D eigenvalue weighted by molar-refractivity contribution is 7.89. The smallest absolute Gasteiger partial charge is 0.357 e. The van der Waals surface area contributed by atoms with Crippen LogP contribution in [0.1, 0.15) is 10.5 Å². The Labute approximate surface area is 136 Å². The van der Waals surface area contributed by atoms with Crippen LogP contribution in [0.25, 0.3) is 22.0 Å². The Morgan fingerprint density at radius 3 is 2.58 bits per heavy atom. The Bertz CT molecular complexity index is 1090. The van der Waals surface area contributed by atoms with Crippen molar-refractivity contribution in [3.8, 4) is 11.1 Å². The lowest BCUT2D eigenvalue weighted by Gasteiger charge is -2.07. The van der Waals surface area contributed by atoms with Crippen LogP contribution in [0.5, 0.6) is 0 Å². The maximum absolute atomic E-state index is 14.1. The highest BCUT2D eigenvalue weighted by atomic mass is 32.2. The average molecular weight is 349 g/mol. The van der Waals surface area contributed by atoms with Gasteiger partial charge in [-0.15, -0.1) is 0 Å². The van der Waals surface area contributed by atoms with Crippen LogP contribution in [0.4, 0.5) is 4.39 Å². The molecule has 0 amide bonds. The third-order valence-corrected chi connectivity index (χ3v) is 4.54. The number of benzene rings is 2. The van der Waals surface area contributed by atoms with Crippen molar-refractivity contribution in [1.29, 1.82) is 0 Å². The molecule has 124 valence electrons. The van der Waals surface area contributed by atoms with Crippen LogP contribution in [0.3, 0.4) is 0 Å². The maximum atomic E-state index is 14.1. The Hall–Kier alpha value is -2.78. The summed E-state index contributed by atoms with van der Waals surface area (Å²) in [6.45, 7) is 0. The fourth-order valence-electron chi connectivity index (χ4n) is 2.49. The first kappa shape index (κ1) is 16.1. The van der Waals surface area contributed by atoms with E-state index in [9.17, 15) is 22.7 Å². The van der Waals surface area contributed by atoms with E-state index in [-0.39, 0.29) is 16.2 Å². The van der Waals surface area contributed by atoms with Crippen LogP contribution >= 0.6 is 0 Å². The Kier molecular flexibility index (Phi) is 3.61. The second kappa shape index (κ2) is 5.39. The molecule has 1 aromatic heterocycles. The first-order valence-corrected chi connectivity index (χ1v) is 8.26. The number of sulfonamides is 1. The molecular formula is C15H12FN3O4S. The first-order valence-electron chi connectivity index (χ1n) is 6.71. The van der Waals surface area contributed by atoms with Gasteiger partial charge in [-0.1, -0.05) is 6.07 Å². The van der Waals surface area contributed by atoms with E-state index in [4.69, 9.17) is 5.14 Å². The van der Waals surface area contributed by atoms with Gasteiger partial charge in [0, 0.05) is 18.0 Å². The van der Waals surface area contributed by atoms with Gasteiger partial charge in [0.1, 0.15) is 5.82 Å². The number of aryl methyl sites for hydroxylation is 1. The van der Waals surface area contributed by atoms with Gasteiger partial charge in [-0.2, -0.15) is 5.10 Å². The summed E-state index contributed by atoms with van der Waals surface area (Å²) in [5.74, 6) is -1.86. The number of hydrogen-bond acceptors (Lipinski definition) is 4. The Morgan fingerprint density at radius 2 is 1.96 bits per heavy atom. The van der Waals surface area contributed by atoms with E-state index in [0.29, 0.717) is 16.5 Å². The first-order chi connectivity index (χ1) is 11.2. The van der Waals surface area contributed by atoms with E-state index < -0.39 is 21.8 Å². The van der Waals surface area contributed by atoms with Gasteiger partial charge in [0.05, 0.1) is 10.4 Å². The van der Waals surface area contributed by atoms with Crippen molar-refractivity contribution in [2.45, 2.75) is 4.90 Å².